The highest BCUT2D eigenvalue weighted by Gasteiger charge is 2.36. The summed E-state index contributed by atoms with van der Waals surface area (Å²) >= 11 is 0. The van der Waals surface area contributed by atoms with Crippen LogP contribution in [-0.4, -0.2) is 23.4 Å². The van der Waals surface area contributed by atoms with Crippen LogP contribution in [0.4, 0.5) is 0 Å². The van der Waals surface area contributed by atoms with E-state index in [0.717, 1.165) is 32.2 Å². The molecule has 0 spiro atoms. The minimum atomic E-state index is 0.0991. The minimum Gasteiger partial charge on any atom is -0.338 e. The largest absolute Gasteiger partial charge is 0.338 e. The molecule has 0 N–H and O–H groups in total. The topological polar surface area (TPSA) is 44.1 Å². The molecule has 0 radical (unpaired) electrons. The summed E-state index contributed by atoms with van der Waals surface area (Å²) < 4.78 is 0. The average molecular weight is 178 g/mol. The van der Waals surface area contributed by atoms with Gasteiger partial charge >= 0.3 is 0 Å². The van der Waals surface area contributed by atoms with Gasteiger partial charge in [0.1, 0.15) is 0 Å². The quantitative estimate of drug-likeness (QED) is 0.607. The van der Waals surface area contributed by atoms with Gasteiger partial charge in [0.05, 0.1) is 12.0 Å². The molecular weight excluding hydrogens is 164 g/mol. The molecule has 0 bridgehead atoms. The number of likely N-dealkylation sites (tertiary alicyclic amines) is 1. The van der Waals surface area contributed by atoms with Gasteiger partial charge in [-0.25, -0.2) is 0 Å². The van der Waals surface area contributed by atoms with Crippen molar-refractivity contribution < 1.29 is 4.79 Å². The number of amides is 1. The van der Waals surface area contributed by atoms with Crippen molar-refractivity contribution in [2.45, 2.75) is 38.1 Å². The Hall–Kier alpha value is -1.04. The van der Waals surface area contributed by atoms with Gasteiger partial charge in [-0.2, -0.15) is 5.26 Å². The zero-order chi connectivity index (χ0) is 9.26. The van der Waals surface area contributed by atoms with Crippen LogP contribution in [0.3, 0.4) is 0 Å². The molecule has 2 fully saturated rings. The summed E-state index contributed by atoms with van der Waals surface area (Å²) in [6, 6.07) is 2.55. The lowest BCUT2D eigenvalue weighted by Crippen LogP contribution is -2.38. The molecule has 1 heterocycles. The monoisotopic (exact) mass is 178 g/mol. The molecular formula is C10H14N2O. The first-order valence-electron chi connectivity index (χ1n) is 5.02. The van der Waals surface area contributed by atoms with Crippen molar-refractivity contribution in [3.8, 4) is 6.07 Å². The molecule has 3 nitrogen and oxygen atoms in total. The first-order chi connectivity index (χ1) is 6.33. The van der Waals surface area contributed by atoms with E-state index in [4.69, 9.17) is 5.26 Å². The third-order valence-corrected chi connectivity index (χ3v) is 3.16. The van der Waals surface area contributed by atoms with Crippen molar-refractivity contribution >= 4 is 5.91 Å². The van der Waals surface area contributed by atoms with Crippen molar-refractivity contribution in [3.05, 3.63) is 0 Å². The summed E-state index contributed by atoms with van der Waals surface area (Å²) in [6.07, 6.45) is 4.78. The van der Waals surface area contributed by atoms with E-state index in [1.165, 1.54) is 0 Å². The number of carbonyl (C=O) groups excluding carboxylic acids is 1. The van der Waals surface area contributed by atoms with Crippen LogP contribution in [0.5, 0.6) is 0 Å². The molecule has 2 aliphatic rings. The van der Waals surface area contributed by atoms with Gasteiger partial charge in [0.2, 0.25) is 5.91 Å². The summed E-state index contributed by atoms with van der Waals surface area (Å²) in [7, 11) is 0. The number of hydrogen-bond acceptors (Lipinski definition) is 2. The van der Waals surface area contributed by atoms with Crippen LogP contribution >= 0.6 is 0 Å². The highest BCUT2D eigenvalue weighted by molar-refractivity contribution is 5.78. The number of nitriles is 1. The second-order valence-corrected chi connectivity index (χ2v) is 3.92. The Kier molecular flexibility index (Phi) is 2.22. The van der Waals surface area contributed by atoms with E-state index in [-0.39, 0.29) is 17.9 Å². The molecule has 1 aliphatic heterocycles. The maximum atomic E-state index is 11.4. The molecule has 1 aliphatic carbocycles. The van der Waals surface area contributed by atoms with Crippen molar-refractivity contribution in [3.63, 3.8) is 0 Å². The summed E-state index contributed by atoms with van der Waals surface area (Å²) in [4.78, 5) is 13.4. The Labute approximate surface area is 78.3 Å². The van der Waals surface area contributed by atoms with Gasteiger partial charge in [0.15, 0.2) is 0 Å². The van der Waals surface area contributed by atoms with E-state index in [9.17, 15) is 4.79 Å². The Bertz CT molecular complexity index is 256. The van der Waals surface area contributed by atoms with Gasteiger partial charge in [-0.05, 0) is 25.7 Å². The maximum Gasteiger partial charge on any atom is 0.222 e. The van der Waals surface area contributed by atoms with Crippen LogP contribution in [0, 0.1) is 17.2 Å². The lowest BCUT2D eigenvalue weighted by Gasteiger charge is -2.25. The van der Waals surface area contributed by atoms with Crippen LogP contribution in [0.25, 0.3) is 0 Å². The number of rotatable bonds is 1. The van der Waals surface area contributed by atoms with Crippen LogP contribution in [-0.2, 0) is 4.79 Å². The number of carbonyl (C=O) groups is 1. The standard InChI is InChI=1S/C10H14N2O/c11-7-8-3-1-4-9(8)12-6-2-5-10(12)13/h8-9H,1-6H2. The Morgan fingerprint density at radius 2 is 2.23 bits per heavy atom. The molecule has 13 heavy (non-hydrogen) atoms. The second-order valence-electron chi connectivity index (χ2n) is 3.92. The van der Waals surface area contributed by atoms with Crippen LogP contribution < -0.4 is 0 Å². The summed E-state index contributed by atoms with van der Waals surface area (Å²) in [5.74, 6) is 0.356. The first kappa shape index (κ1) is 8.55. The molecule has 3 heteroatoms. The summed E-state index contributed by atoms with van der Waals surface area (Å²) in [5.41, 5.74) is 0. The summed E-state index contributed by atoms with van der Waals surface area (Å²) in [6.45, 7) is 0.877. The smallest absolute Gasteiger partial charge is 0.222 e. The SMILES string of the molecule is N#CC1CCCC1N1CCCC1=O. The van der Waals surface area contributed by atoms with Gasteiger partial charge < -0.3 is 4.90 Å². The van der Waals surface area contributed by atoms with E-state index in [0.29, 0.717) is 6.42 Å². The molecule has 1 amide bonds. The third-order valence-electron chi connectivity index (χ3n) is 3.16. The van der Waals surface area contributed by atoms with Gasteiger partial charge in [-0.15, -0.1) is 0 Å². The van der Waals surface area contributed by atoms with Crippen molar-refractivity contribution in [1.29, 1.82) is 5.26 Å². The predicted octanol–water partition coefficient (Wildman–Crippen LogP) is 1.30. The first-order valence-corrected chi connectivity index (χ1v) is 5.02. The van der Waals surface area contributed by atoms with E-state index < -0.39 is 0 Å². The predicted molar refractivity (Wildman–Crippen MR) is 47.7 cm³/mol. The third kappa shape index (κ3) is 1.41. The fourth-order valence-corrected chi connectivity index (χ4v) is 2.48. The van der Waals surface area contributed by atoms with Crippen molar-refractivity contribution in [1.82, 2.24) is 4.90 Å². The van der Waals surface area contributed by atoms with Gasteiger partial charge in [-0.1, -0.05) is 0 Å². The Balaban J connectivity index is 2.07. The second kappa shape index (κ2) is 3.37. The van der Waals surface area contributed by atoms with Crippen LogP contribution in [0.1, 0.15) is 32.1 Å². The van der Waals surface area contributed by atoms with E-state index in [1.807, 2.05) is 4.90 Å². The molecule has 0 aromatic carbocycles. The zero-order valence-corrected chi connectivity index (χ0v) is 7.70. The molecule has 2 atom stereocenters. The lowest BCUT2D eigenvalue weighted by atomic mass is 10.0. The average Bonchev–Trinajstić information content (AvgIpc) is 2.71. The van der Waals surface area contributed by atoms with Crippen molar-refractivity contribution in [2.75, 3.05) is 6.54 Å². The lowest BCUT2D eigenvalue weighted by molar-refractivity contribution is -0.130. The maximum absolute atomic E-state index is 11.4. The van der Waals surface area contributed by atoms with Gasteiger partial charge in [0, 0.05) is 19.0 Å². The highest BCUT2D eigenvalue weighted by Crippen LogP contribution is 2.31. The number of hydrogen-bond donors (Lipinski definition) is 0. The van der Waals surface area contributed by atoms with E-state index in [2.05, 4.69) is 6.07 Å². The molecule has 2 unspecified atom stereocenters. The molecule has 1 saturated heterocycles. The Morgan fingerprint density at radius 1 is 1.38 bits per heavy atom. The minimum absolute atomic E-state index is 0.0991. The number of nitrogens with zero attached hydrogens (tertiary/aromatic N) is 2. The van der Waals surface area contributed by atoms with E-state index >= 15 is 0 Å². The summed E-state index contributed by atoms with van der Waals surface area (Å²) in [5, 5.41) is 8.90. The van der Waals surface area contributed by atoms with Crippen LogP contribution in [0.15, 0.2) is 0 Å². The van der Waals surface area contributed by atoms with Gasteiger partial charge in [-0.3, -0.25) is 4.79 Å². The van der Waals surface area contributed by atoms with Crippen molar-refractivity contribution in [2.24, 2.45) is 5.92 Å². The molecule has 70 valence electrons. The molecule has 0 aromatic rings. The van der Waals surface area contributed by atoms with Gasteiger partial charge in [0.25, 0.3) is 0 Å². The van der Waals surface area contributed by atoms with E-state index in [1.54, 1.807) is 0 Å². The van der Waals surface area contributed by atoms with Crippen LogP contribution in [0.2, 0.25) is 0 Å². The molecule has 0 aromatic heterocycles. The zero-order valence-electron chi connectivity index (χ0n) is 7.70. The Morgan fingerprint density at radius 3 is 2.85 bits per heavy atom. The highest BCUT2D eigenvalue weighted by atomic mass is 16.2. The fourth-order valence-electron chi connectivity index (χ4n) is 2.48. The molecule has 2 rings (SSSR count). The molecule has 1 saturated carbocycles. The normalized spacial score (nSPS) is 33.8. The fraction of sp³-hybridized carbons (Fsp3) is 0.800.